The molecule has 3 N–H and O–H groups in total. The number of sulfonamides is 1. The van der Waals surface area contributed by atoms with Gasteiger partial charge in [-0.1, -0.05) is 17.7 Å². The van der Waals surface area contributed by atoms with Crippen LogP contribution in [0.25, 0.3) is 0 Å². The molecule has 0 aliphatic carbocycles. The minimum Gasteiger partial charge on any atom is -0.326 e. The fourth-order valence-corrected chi connectivity index (χ4v) is 3.21. The Morgan fingerprint density at radius 2 is 2.15 bits per heavy atom. The molecule has 0 unspecified atom stereocenters. The number of hydrogen-bond acceptors (Lipinski definition) is 4. The van der Waals surface area contributed by atoms with Crippen molar-refractivity contribution < 1.29 is 8.42 Å². The molecular weight excluding hydrogens is 300 g/mol. The summed E-state index contributed by atoms with van der Waals surface area (Å²) in [5.74, 6) is 0. The molecule has 0 saturated heterocycles. The maximum absolute atomic E-state index is 12.3. The molecule has 0 spiro atoms. The molecule has 0 saturated carbocycles. The molecule has 0 fully saturated rings. The molecule has 0 radical (unpaired) electrons. The Morgan fingerprint density at radius 3 is 2.65 bits per heavy atom. The van der Waals surface area contributed by atoms with Gasteiger partial charge in [-0.05, 0) is 24.6 Å². The van der Waals surface area contributed by atoms with Gasteiger partial charge in [-0.3, -0.25) is 9.40 Å². The second-order valence-corrected chi connectivity index (χ2v) is 6.45. The van der Waals surface area contributed by atoms with Gasteiger partial charge in [0.15, 0.2) is 0 Å². The first kappa shape index (κ1) is 14.8. The number of rotatable bonds is 4. The SMILES string of the molecule is Cc1nn(C)cc1NS(=O)(=O)c1ccc(CN)c(Cl)c1. The Morgan fingerprint density at radius 1 is 1.45 bits per heavy atom. The first-order chi connectivity index (χ1) is 9.33. The average molecular weight is 315 g/mol. The second-order valence-electron chi connectivity index (χ2n) is 4.36. The summed E-state index contributed by atoms with van der Waals surface area (Å²) in [5.41, 5.74) is 7.23. The van der Waals surface area contributed by atoms with Crippen molar-refractivity contribution in [3.63, 3.8) is 0 Å². The van der Waals surface area contributed by atoms with Gasteiger partial charge >= 0.3 is 0 Å². The molecule has 2 aromatic rings. The van der Waals surface area contributed by atoms with Crippen molar-refractivity contribution in [3.05, 3.63) is 40.7 Å². The van der Waals surface area contributed by atoms with Crippen LogP contribution in [0.15, 0.2) is 29.3 Å². The monoisotopic (exact) mass is 314 g/mol. The standard InChI is InChI=1S/C12H15ClN4O2S/c1-8-12(7-17(2)15-8)16-20(18,19)10-4-3-9(6-14)11(13)5-10/h3-5,7,16H,6,14H2,1-2H3. The van der Waals surface area contributed by atoms with E-state index in [1.165, 1.54) is 16.8 Å². The van der Waals surface area contributed by atoms with E-state index in [-0.39, 0.29) is 11.4 Å². The van der Waals surface area contributed by atoms with E-state index in [0.29, 0.717) is 22.0 Å². The van der Waals surface area contributed by atoms with Crippen molar-refractivity contribution >= 4 is 27.3 Å². The van der Waals surface area contributed by atoms with Crippen LogP contribution in [0.5, 0.6) is 0 Å². The van der Waals surface area contributed by atoms with Crippen LogP contribution in [-0.4, -0.2) is 18.2 Å². The van der Waals surface area contributed by atoms with Gasteiger partial charge in [0.25, 0.3) is 10.0 Å². The molecule has 0 aliphatic heterocycles. The van der Waals surface area contributed by atoms with Gasteiger partial charge in [0.2, 0.25) is 0 Å². The van der Waals surface area contributed by atoms with E-state index in [9.17, 15) is 8.42 Å². The topological polar surface area (TPSA) is 90.0 Å². The van der Waals surface area contributed by atoms with Gasteiger partial charge in [0.1, 0.15) is 0 Å². The van der Waals surface area contributed by atoms with Crippen LogP contribution >= 0.6 is 11.6 Å². The summed E-state index contributed by atoms with van der Waals surface area (Å²) < 4.78 is 28.6. The Hall–Kier alpha value is -1.57. The lowest BCUT2D eigenvalue weighted by molar-refractivity contribution is 0.601. The summed E-state index contributed by atoms with van der Waals surface area (Å²) in [7, 11) is -1.98. The molecule has 0 bridgehead atoms. The Bertz CT molecular complexity index is 740. The van der Waals surface area contributed by atoms with Gasteiger partial charge in [-0.25, -0.2) is 8.42 Å². The van der Waals surface area contributed by atoms with Crippen LogP contribution in [0.3, 0.4) is 0 Å². The minimum absolute atomic E-state index is 0.0861. The highest BCUT2D eigenvalue weighted by Crippen LogP contribution is 2.23. The van der Waals surface area contributed by atoms with Crippen LogP contribution in [0.4, 0.5) is 5.69 Å². The second kappa shape index (κ2) is 5.43. The molecule has 1 aromatic heterocycles. The third-order valence-corrected chi connectivity index (χ3v) is 4.53. The third kappa shape index (κ3) is 2.95. The molecule has 108 valence electrons. The van der Waals surface area contributed by atoms with Crippen LogP contribution < -0.4 is 10.5 Å². The van der Waals surface area contributed by atoms with Gasteiger partial charge in [-0.2, -0.15) is 5.10 Å². The minimum atomic E-state index is -3.70. The van der Waals surface area contributed by atoms with Crippen molar-refractivity contribution in [2.45, 2.75) is 18.4 Å². The smallest absolute Gasteiger partial charge is 0.262 e. The van der Waals surface area contributed by atoms with E-state index in [1.807, 2.05) is 0 Å². The van der Waals surface area contributed by atoms with Crippen molar-refractivity contribution in [2.24, 2.45) is 12.8 Å². The lowest BCUT2D eigenvalue weighted by Crippen LogP contribution is -2.13. The van der Waals surface area contributed by atoms with Gasteiger partial charge in [0, 0.05) is 24.8 Å². The first-order valence-corrected chi connectivity index (χ1v) is 7.71. The van der Waals surface area contributed by atoms with Crippen LogP contribution in [0, 0.1) is 6.92 Å². The summed E-state index contributed by atoms with van der Waals surface area (Å²) in [5, 5.41) is 4.41. The summed E-state index contributed by atoms with van der Waals surface area (Å²) in [6.45, 7) is 1.98. The number of benzene rings is 1. The summed E-state index contributed by atoms with van der Waals surface area (Å²) in [6, 6.07) is 4.47. The number of aryl methyl sites for hydroxylation is 2. The third-order valence-electron chi connectivity index (χ3n) is 2.81. The van der Waals surface area contributed by atoms with Gasteiger partial charge in [-0.15, -0.1) is 0 Å². The zero-order valence-electron chi connectivity index (χ0n) is 11.1. The molecule has 20 heavy (non-hydrogen) atoms. The largest absolute Gasteiger partial charge is 0.326 e. The molecule has 0 aliphatic rings. The summed E-state index contributed by atoms with van der Waals surface area (Å²) >= 11 is 5.99. The Labute approximate surface area is 122 Å². The quantitative estimate of drug-likeness (QED) is 0.897. The first-order valence-electron chi connectivity index (χ1n) is 5.85. The van der Waals surface area contributed by atoms with E-state index < -0.39 is 10.0 Å². The summed E-state index contributed by atoms with van der Waals surface area (Å²) in [4.78, 5) is 0.0861. The average Bonchev–Trinajstić information content (AvgIpc) is 2.67. The van der Waals surface area contributed by atoms with E-state index in [2.05, 4.69) is 9.82 Å². The molecule has 2 rings (SSSR count). The lowest BCUT2D eigenvalue weighted by Gasteiger charge is -2.08. The predicted molar refractivity (Wildman–Crippen MR) is 78.1 cm³/mol. The Kier molecular flexibility index (Phi) is 4.03. The molecule has 0 atom stereocenters. The molecule has 1 aromatic carbocycles. The van der Waals surface area contributed by atoms with E-state index in [4.69, 9.17) is 17.3 Å². The highest BCUT2D eigenvalue weighted by atomic mass is 35.5. The van der Waals surface area contributed by atoms with Crippen molar-refractivity contribution in [2.75, 3.05) is 4.72 Å². The maximum atomic E-state index is 12.3. The van der Waals surface area contributed by atoms with Gasteiger partial charge in [0.05, 0.1) is 16.3 Å². The maximum Gasteiger partial charge on any atom is 0.262 e. The van der Waals surface area contributed by atoms with Crippen molar-refractivity contribution in [1.29, 1.82) is 0 Å². The predicted octanol–water partition coefficient (Wildman–Crippen LogP) is 1.64. The fourth-order valence-electron chi connectivity index (χ4n) is 1.76. The van der Waals surface area contributed by atoms with Crippen LogP contribution in [-0.2, 0) is 23.6 Å². The Balaban J connectivity index is 2.35. The van der Waals surface area contributed by atoms with Gasteiger partial charge < -0.3 is 5.73 Å². The molecule has 8 heteroatoms. The fraction of sp³-hybridized carbons (Fsp3) is 0.250. The van der Waals surface area contributed by atoms with Crippen molar-refractivity contribution in [3.8, 4) is 0 Å². The van der Waals surface area contributed by atoms with Crippen LogP contribution in [0.1, 0.15) is 11.3 Å². The zero-order valence-corrected chi connectivity index (χ0v) is 12.7. The van der Waals surface area contributed by atoms with Crippen LogP contribution in [0.2, 0.25) is 5.02 Å². The number of nitrogens with two attached hydrogens (primary N) is 1. The normalized spacial score (nSPS) is 11.6. The number of nitrogens with zero attached hydrogens (tertiary/aromatic N) is 2. The van der Waals surface area contributed by atoms with Crippen molar-refractivity contribution in [1.82, 2.24) is 9.78 Å². The van der Waals surface area contributed by atoms with E-state index in [1.54, 1.807) is 26.2 Å². The highest BCUT2D eigenvalue weighted by Gasteiger charge is 2.17. The summed E-state index contributed by atoms with van der Waals surface area (Å²) in [6.07, 6.45) is 1.60. The molecule has 6 nitrogen and oxygen atoms in total. The van der Waals surface area contributed by atoms with E-state index in [0.717, 1.165) is 0 Å². The molecule has 0 amide bonds. The lowest BCUT2D eigenvalue weighted by atomic mass is 10.2. The number of nitrogens with one attached hydrogen (secondary N) is 1. The zero-order chi connectivity index (χ0) is 14.9. The number of anilines is 1. The van der Waals surface area contributed by atoms with E-state index >= 15 is 0 Å². The number of hydrogen-bond donors (Lipinski definition) is 2. The molecular formula is C12H15ClN4O2S. The molecule has 1 heterocycles. The number of halogens is 1. The highest BCUT2D eigenvalue weighted by molar-refractivity contribution is 7.92. The number of aromatic nitrogens is 2.